The summed E-state index contributed by atoms with van der Waals surface area (Å²) < 4.78 is 5.24. The Balaban J connectivity index is 1.38. The molecule has 12 heteroatoms. The zero-order chi connectivity index (χ0) is 34.4. The van der Waals surface area contributed by atoms with Gasteiger partial charge in [-0.1, -0.05) is 49.0 Å². The summed E-state index contributed by atoms with van der Waals surface area (Å²) in [5.74, 6) is -1.55. The highest BCUT2D eigenvalue weighted by atomic mass is 16.5. The molecule has 1 aromatic heterocycles. The van der Waals surface area contributed by atoms with E-state index in [2.05, 4.69) is 22.2 Å². The molecule has 0 radical (unpaired) electrons. The Morgan fingerprint density at radius 2 is 1.73 bits per heavy atom. The lowest BCUT2D eigenvalue weighted by Crippen LogP contribution is -2.56. The number of H-pyrrole nitrogens is 1. The second kappa shape index (κ2) is 14.9. The third-order valence-electron chi connectivity index (χ3n) is 8.68. The van der Waals surface area contributed by atoms with Crippen LogP contribution in [0.4, 0.5) is 0 Å². The first-order chi connectivity index (χ1) is 23.0. The highest BCUT2D eigenvalue weighted by Crippen LogP contribution is 2.25. The number of ether oxygens (including phenoxy) is 1. The molecule has 4 atom stereocenters. The van der Waals surface area contributed by atoms with E-state index in [9.17, 15) is 24.3 Å². The normalized spacial score (nSPS) is 16.1. The van der Waals surface area contributed by atoms with E-state index in [4.69, 9.17) is 16.2 Å². The number of likely N-dealkylation sites (tertiary alicyclic amines) is 1. The number of benzene rings is 3. The minimum absolute atomic E-state index is 0.0409. The molecule has 8 N–H and O–H groups in total. The number of carbonyl (C=O) groups is 4. The van der Waals surface area contributed by atoms with Gasteiger partial charge in [-0.05, 0) is 66.3 Å². The monoisotopic (exact) mass is 652 g/mol. The quantitative estimate of drug-likeness (QED) is 0.119. The summed E-state index contributed by atoms with van der Waals surface area (Å²) in [4.78, 5) is 58.3. The van der Waals surface area contributed by atoms with Gasteiger partial charge in [-0.2, -0.15) is 0 Å². The molecule has 0 bridgehead atoms. The smallest absolute Gasteiger partial charge is 0.246 e. The number of aromatic nitrogens is 1. The lowest BCUT2D eigenvalue weighted by Gasteiger charge is -2.29. The molecule has 12 nitrogen and oxygen atoms in total. The summed E-state index contributed by atoms with van der Waals surface area (Å²) in [7, 11) is 1.52. The van der Waals surface area contributed by atoms with Crippen LogP contribution in [-0.2, 0) is 32.0 Å². The van der Waals surface area contributed by atoms with Crippen LogP contribution < -0.4 is 26.8 Å². The summed E-state index contributed by atoms with van der Waals surface area (Å²) in [5, 5.41) is 16.2. The number of amides is 4. The van der Waals surface area contributed by atoms with Crippen molar-refractivity contribution in [1.29, 1.82) is 0 Å². The number of nitrogens with one attached hydrogen (secondary N) is 3. The maximum Gasteiger partial charge on any atom is 0.246 e. The predicted molar refractivity (Wildman–Crippen MR) is 181 cm³/mol. The van der Waals surface area contributed by atoms with Crippen molar-refractivity contribution in [3.8, 4) is 11.5 Å². The van der Waals surface area contributed by atoms with Crippen LogP contribution in [0.15, 0.2) is 91.1 Å². The van der Waals surface area contributed by atoms with Gasteiger partial charge >= 0.3 is 0 Å². The molecule has 4 amide bonds. The van der Waals surface area contributed by atoms with Gasteiger partial charge in [-0.3, -0.25) is 19.2 Å². The first-order valence-corrected chi connectivity index (χ1v) is 15.7. The molecule has 0 aliphatic carbocycles. The Morgan fingerprint density at radius 3 is 2.42 bits per heavy atom. The fourth-order valence-electron chi connectivity index (χ4n) is 6.04. The molecule has 48 heavy (non-hydrogen) atoms. The number of phenolic OH excluding ortho intramolecular Hbond substituents is 1. The van der Waals surface area contributed by atoms with Crippen molar-refractivity contribution >= 4 is 34.5 Å². The first kappa shape index (κ1) is 33.7. The number of hydrogen-bond donors (Lipinski definition) is 6. The summed E-state index contributed by atoms with van der Waals surface area (Å²) in [6.45, 7) is 4.17. The molecular weight excluding hydrogens is 612 g/mol. The van der Waals surface area contributed by atoms with Crippen molar-refractivity contribution in [3.05, 3.63) is 108 Å². The van der Waals surface area contributed by atoms with Gasteiger partial charge in [0.1, 0.15) is 23.6 Å². The molecule has 0 unspecified atom stereocenters. The molecule has 0 spiro atoms. The standard InChI is InChI=1S/C36H40N6O6/c1-21(33(38)44)32(23-11-15-26(48-2)16-12-23)41-34(45)30(19-24-20-39-29-7-4-3-6-27(24)29)40-35(46)31-8-5-17-42(31)36(47)28(37)18-22-9-13-25(43)14-10-22/h3-4,6-7,9-16,20,28,30-32,39,43H,1,5,8,17-19,37H2,2H3,(H2,38,44)(H,40,46)(H,41,45)/t28-,30-,31-,32+/m0/s1. The lowest BCUT2D eigenvalue weighted by molar-refractivity contribution is -0.140. The summed E-state index contributed by atoms with van der Waals surface area (Å²) in [5.41, 5.74) is 14.8. The van der Waals surface area contributed by atoms with Crippen LogP contribution in [0.1, 0.15) is 35.6 Å². The molecule has 3 aromatic carbocycles. The van der Waals surface area contributed by atoms with Crippen LogP contribution in [0.5, 0.6) is 11.5 Å². The van der Waals surface area contributed by atoms with Crippen molar-refractivity contribution in [1.82, 2.24) is 20.5 Å². The minimum Gasteiger partial charge on any atom is -0.508 e. The molecule has 5 rings (SSSR count). The summed E-state index contributed by atoms with van der Waals surface area (Å²) >= 11 is 0. The molecular formula is C36H40N6O6. The number of nitrogens with two attached hydrogens (primary N) is 2. The highest BCUT2D eigenvalue weighted by molar-refractivity contribution is 5.96. The Labute approximate surface area is 278 Å². The molecule has 1 fully saturated rings. The van der Waals surface area contributed by atoms with Crippen LogP contribution in [0.3, 0.4) is 0 Å². The number of nitrogens with zero attached hydrogens (tertiary/aromatic N) is 1. The van der Waals surface area contributed by atoms with Gasteiger partial charge in [0, 0.05) is 35.6 Å². The number of methoxy groups -OCH3 is 1. The van der Waals surface area contributed by atoms with Crippen molar-refractivity contribution in [2.75, 3.05) is 13.7 Å². The molecule has 250 valence electrons. The minimum atomic E-state index is -1.10. The lowest BCUT2D eigenvalue weighted by atomic mass is 9.97. The number of rotatable bonds is 13. The van der Waals surface area contributed by atoms with Crippen LogP contribution >= 0.6 is 0 Å². The average Bonchev–Trinajstić information content (AvgIpc) is 3.75. The van der Waals surface area contributed by atoms with E-state index in [-0.39, 0.29) is 30.1 Å². The fraction of sp³-hybridized carbons (Fsp3) is 0.278. The Kier molecular flexibility index (Phi) is 10.4. The molecule has 1 aliphatic rings. The van der Waals surface area contributed by atoms with Crippen LogP contribution in [0, 0.1) is 0 Å². The van der Waals surface area contributed by atoms with Crippen LogP contribution in [0.25, 0.3) is 10.9 Å². The third kappa shape index (κ3) is 7.67. The Hall–Kier alpha value is -5.62. The van der Waals surface area contributed by atoms with Gasteiger partial charge in [0.15, 0.2) is 0 Å². The van der Waals surface area contributed by atoms with Crippen molar-refractivity contribution in [3.63, 3.8) is 0 Å². The van der Waals surface area contributed by atoms with Gasteiger partial charge in [0.05, 0.1) is 19.2 Å². The Bertz CT molecular complexity index is 1800. The zero-order valence-electron chi connectivity index (χ0n) is 26.6. The maximum atomic E-state index is 14.1. The SMILES string of the molecule is C=C(C(N)=O)[C@@H](NC(=O)[C@H](Cc1c[nH]c2ccccc12)NC(=O)[C@@H]1CCCN1C(=O)[C@@H](N)Cc1ccc(O)cc1)c1ccc(OC)cc1. The predicted octanol–water partition coefficient (Wildman–Crippen LogP) is 2.37. The van der Waals surface area contributed by atoms with E-state index in [1.807, 2.05) is 24.3 Å². The molecule has 1 aliphatic heterocycles. The topological polar surface area (TPSA) is 193 Å². The largest absolute Gasteiger partial charge is 0.508 e. The van der Waals surface area contributed by atoms with Crippen LogP contribution in [0.2, 0.25) is 0 Å². The fourth-order valence-corrected chi connectivity index (χ4v) is 6.04. The maximum absolute atomic E-state index is 14.1. The van der Waals surface area contributed by atoms with Crippen LogP contribution in [-0.4, -0.2) is 70.4 Å². The number of aromatic amines is 1. The van der Waals surface area contributed by atoms with Gasteiger partial charge in [-0.15, -0.1) is 0 Å². The number of hydrogen-bond acceptors (Lipinski definition) is 7. The van der Waals surface area contributed by atoms with Crippen molar-refractivity contribution < 1.29 is 29.0 Å². The zero-order valence-corrected chi connectivity index (χ0v) is 26.6. The Morgan fingerprint density at radius 1 is 1.02 bits per heavy atom. The van der Waals surface area contributed by atoms with E-state index in [0.29, 0.717) is 30.7 Å². The van der Waals surface area contributed by atoms with E-state index in [0.717, 1.165) is 22.0 Å². The molecule has 2 heterocycles. The first-order valence-electron chi connectivity index (χ1n) is 15.7. The van der Waals surface area contributed by atoms with E-state index in [1.54, 1.807) is 42.6 Å². The highest BCUT2D eigenvalue weighted by Gasteiger charge is 2.38. The van der Waals surface area contributed by atoms with E-state index in [1.165, 1.54) is 24.1 Å². The average molecular weight is 653 g/mol. The summed E-state index contributed by atoms with van der Waals surface area (Å²) in [6.07, 6.45) is 3.12. The molecule has 0 saturated carbocycles. The number of carbonyl (C=O) groups excluding carboxylic acids is 4. The van der Waals surface area contributed by atoms with Crippen molar-refractivity contribution in [2.45, 2.75) is 49.9 Å². The second-order valence-electron chi connectivity index (χ2n) is 11.9. The number of phenols is 1. The molecule has 4 aromatic rings. The van der Waals surface area contributed by atoms with Gasteiger partial charge < -0.3 is 41.8 Å². The number of aromatic hydroxyl groups is 1. The number of primary amides is 1. The number of fused-ring (bicyclic) bond motifs is 1. The molecule has 1 saturated heterocycles. The number of para-hydroxylation sites is 1. The van der Waals surface area contributed by atoms with Gasteiger partial charge in [0.2, 0.25) is 23.6 Å². The third-order valence-corrected chi connectivity index (χ3v) is 8.68. The van der Waals surface area contributed by atoms with E-state index < -0.39 is 41.9 Å². The second-order valence-corrected chi connectivity index (χ2v) is 11.9. The van der Waals surface area contributed by atoms with Gasteiger partial charge in [0.25, 0.3) is 0 Å². The van der Waals surface area contributed by atoms with Gasteiger partial charge in [-0.25, -0.2) is 0 Å². The van der Waals surface area contributed by atoms with E-state index >= 15 is 0 Å². The van der Waals surface area contributed by atoms with Crippen molar-refractivity contribution in [2.24, 2.45) is 11.5 Å². The summed E-state index contributed by atoms with van der Waals surface area (Å²) in [6, 6.07) is 17.0.